The monoisotopic (exact) mass is 146 g/mol. The van der Waals surface area contributed by atoms with Crippen LogP contribution in [0.25, 0.3) is 0 Å². The van der Waals surface area contributed by atoms with Gasteiger partial charge < -0.3 is 10.2 Å². The van der Waals surface area contributed by atoms with Crippen molar-refractivity contribution in [2.75, 3.05) is 13.2 Å². The molecular formula is C7H14O3. The Morgan fingerprint density at radius 2 is 1.80 bits per heavy atom. The number of aliphatic hydroxyl groups is 2. The van der Waals surface area contributed by atoms with Crippen LogP contribution < -0.4 is 0 Å². The molecule has 0 bridgehead atoms. The lowest BCUT2D eigenvalue weighted by Gasteiger charge is -2.21. The molecule has 60 valence electrons. The van der Waals surface area contributed by atoms with Gasteiger partial charge >= 0.3 is 0 Å². The lowest BCUT2D eigenvalue weighted by molar-refractivity contribution is -0.132. The molecule has 0 rings (SSSR count). The fourth-order valence-electron chi connectivity index (χ4n) is 0.653. The van der Waals surface area contributed by atoms with E-state index in [9.17, 15) is 4.79 Å². The van der Waals surface area contributed by atoms with Crippen molar-refractivity contribution >= 4 is 5.78 Å². The highest BCUT2D eigenvalue weighted by Gasteiger charge is 2.29. The average molecular weight is 146 g/mol. The topological polar surface area (TPSA) is 57.5 Å². The molecule has 0 radical (unpaired) electrons. The summed E-state index contributed by atoms with van der Waals surface area (Å²) >= 11 is 0. The molecule has 0 aromatic carbocycles. The number of aliphatic hydroxyl groups excluding tert-OH is 2. The lowest BCUT2D eigenvalue weighted by atomic mass is 9.86. The van der Waals surface area contributed by atoms with E-state index in [2.05, 4.69) is 0 Å². The molecule has 0 aromatic rings. The molecule has 0 unspecified atom stereocenters. The number of hydrogen-bond donors (Lipinski definition) is 2. The normalized spacial score (nSPS) is 11.6. The summed E-state index contributed by atoms with van der Waals surface area (Å²) < 4.78 is 0. The molecule has 0 aliphatic heterocycles. The largest absolute Gasteiger partial charge is 0.395 e. The second kappa shape index (κ2) is 3.68. The summed E-state index contributed by atoms with van der Waals surface area (Å²) in [7, 11) is 0. The van der Waals surface area contributed by atoms with E-state index in [0.717, 1.165) is 0 Å². The van der Waals surface area contributed by atoms with E-state index in [1.807, 2.05) is 0 Å². The Bertz CT molecular complexity index is 116. The predicted molar refractivity (Wildman–Crippen MR) is 37.6 cm³/mol. The van der Waals surface area contributed by atoms with Crippen LogP contribution >= 0.6 is 0 Å². The van der Waals surface area contributed by atoms with Crippen LogP contribution in [0.15, 0.2) is 0 Å². The third-order valence-corrected chi connectivity index (χ3v) is 1.69. The van der Waals surface area contributed by atoms with Gasteiger partial charge in [0.05, 0.1) is 18.6 Å². The first-order valence-corrected chi connectivity index (χ1v) is 3.35. The van der Waals surface area contributed by atoms with Crippen molar-refractivity contribution in [3.63, 3.8) is 0 Å². The van der Waals surface area contributed by atoms with Crippen molar-refractivity contribution < 1.29 is 15.0 Å². The molecule has 3 heteroatoms. The van der Waals surface area contributed by atoms with Crippen LogP contribution in [0, 0.1) is 5.41 Å². The maximum atomic E-state index is 11.0. The highest BCUT2D eigenvalue weighted by atomic mass is 16.3. The minimum absolute atomic E-state index is 0.0995. The van der Waals surface area contributed by atoms with E-state index in [-0.39, 0.29) is 19.0 Å². The summed E-state index contributed by atoms with van der Waals surface area (Å²) in [6.45, 7) is 2.71. The number of Topliss-reactive ketones (excluding diaryl/α,β-unsaturated/α-hetero) is 1. The van der Waals surface area contributed by atoms with Gasteiger partial charge in [0.25, 0.3) is 0 Å². The number of rotatable bonds is 4. The van der Waals surface area contributed by atoms with Gasteiger partial charge in [-0.3, -0.25) is 4.79 Å². The molecule has 0 amide bonds. The van der Waals surface area contributed by atoms with Crippen LogP contribution in [0.4, 0.5) is 0 Å². The van der Waals surface area contributed by atoms with Crippen molar-refractivity contribution in [1.82, 2.24) is 0 Å². The smallest absolute Gasteiger partial charge is 0.143 e. The predicted octanol–water partition coefficient (Wildman–Crippen LogP) is -0.0436. The zero-order chi connectivity index (χ0) is 8.20. The SMILES string of the molecule is CCC(=O)C(C)(CO)CO. The summed E-state index contributed by atoms with van der Waals surface area (Å²) in [5.41, 5.74) is -0.936. The van der Waals surface area contributed by atoms with Gasteiger partial charge in [0.2, 0.25) is 0 Å². The van der Waals surface area contributed by atoms with Crippen LogP contribution in [-0.4, -0.2) is 29.2 Å². The minimum atomic E-state index is -0.936. The lowest BCUT2D eigenvalue weighted by Crippen LogP contribution is -2.34. The molecular weight excluding hydrogens is 132 g/mol. The average Bonchev–Trinajstić information content (AvgIpc) is 2.01. The molecule has 0 fully saturated rings. The Kier molecular flexibility index (Phi) is 3.53. The van der Waals surface area contributed by atoms with Gasteiger partial charge in [-0.05, 0) is 6.92 Å². The third-order valence-electron chi connectivity index (χ3n) is 1.69. The number of carbonyl (C=O) groups is 1. The highest BCUT2D eigenvalue weighted by Crippen LogP contribution is 2.16. The van der Waals surface area contributed by atoms with E-state index in [4.69, 9.17) is 10.2 Å². The van der Waals surface area contributed by atoms with Crippen molar-refractivity contribution in [3.8, 4) is 0 Å². The summed E-state index contributed by atoms with van der Waals surface area (Å²) in [4.78, 5) is 11.0. The zero-order valence-corrected chi connectivity index (χ0v) is 6.42. The van der Waals surface area contributed by atoms with Crippen LogP contribution in [0.3, 0.4) is 0 Å². The maximum absolute atomic E-state index is 11.0. The van der Waals surface area contributed by atoms with E-state index >= 15 is 0 Å². The van der Waals surface area contributed by atoms with Gasteiger partial charge in [0.1, 0.15) is 5.78 Å². The molecule has 0 atom stereocenters. The second-order valence-corrected chi connectivity index (χ2v) is 2.65. The molecule has 2 N–H and O–H groups in total. The Balaban J connectivity index is 4.17. The molecule has 0 aliphatic rings. The highest BCUT2D eigenvalue weighted by molar-refractivity contribution is 5.84. The molecule has 0 saturated carbocycles. The maximum Gasteiger partial charge on any atom is 0.143 e. The van der Waals surface area contributed by atoms with E-state index < -0.39 is 5.41 Å². The summed E-state index contributed by atoms with van der Waals surface area (Å²) in [6, 6.07) is 0. The van der Waals surface area contributed by atoms with Gasteiger partial charge in [-0.15, -0.1) is 0 Å². The number of hydrogen-bond acceptors (Lipinski definition) is 3. The zero-order valence-electron chi connectivity index (χ0n) is 6.42. The van der Waals surface area contributed by atoms with Crippen molar-refractivity contribution in [2.45, 2.75) is 20.3 Å². The second-order valence-electron chi connectivity index (χ2n) is 2.65. The first kappa shape index (κ1) is 9.59. The first-order valence-electron chi connectivity index (χ1n) is 3.35. The van der Waals surface area contributed by atoms with Gasteiger partial charge in [-0.25, -0.2) is 0 Å². The van der Waals surface area contributed by atoms with Crippen LogP contribution in [-0.2, 0) is 4.79 Å². The molecule has 10 heavy (non-hydrogen) atoms. The fraction of sp³-hybridized carbons (Fsp3) is 0.857. The van der Waals surface area contributed by atoms with Gasteiger partial charge in [-0.1, -0.05) is 6.92 Å². The summed E-state index contributed by atoms with van der Waals surface area (Å²) in [6.07, 6.45) is 0.359. The van der Waals surface area contributed by atoms with Gasteiger partial charge in [0.15, 0.2) is 0 Å². The molecule has 3 nitrogen and oxygen atoms in total. The molecule has 0 aliphatic carbocycles. The quantitative estimate of drug-likeness (QED) is 0.585. The molecule has 0 spiro atoms. The standard InChI is InChI=1S/C7H14O3/c1-3-6(10)7(2,4-8)5-9/h8-9H,3-5H2,1-2H3. The van der Waals surface area contributed by atoms with Gasteiger partial charge in [-0.2, -0.15) is 0 Å². The Morgan fingerprint density at radius 1 is 1.40 bits per heavy atom. The minimum Gasteiger partial charge on any atom is -0.395 e. The summed E-state index contributed by atoms with van der Waals surface area (Å²) in [5.74, 6) is -0.0995. The Labute approximate surface area is 60.7 Å². The molecule has 0 aromatic heterocycles. The van der Waals surface area contributed by atoms with Crippen LogP contribution in [0.2, 0.25) is 0 Å². The van der Waals surface area contributed by atoms with Crippen molar-refractivity contribution in [3.05, 3.63) is 0 Å². The van der Waals surface area contributed by atoms with E-state index in [0.29, 0.717) is 6.42 Å². The first-order chi connectivity index (χ1) is 4.60. The summed E-state index contributed by atoms with van der Waals surface area (Å²) in [5, 5.41) is 17.4. The Morgan fingerprint density at radius 3 is 1.90 bits per heavy atom. The number of ketones is 1. The van der Waals surface area contributed by atoms with Crippen LogP contribution in [0.1, 0.15) is 20.3 Å². The van der Waals surface area contributed by atoms with E-state index in [1.54, 1.807) is 13.8 Å². The fourth-order valence-corrected chi connectivity index (χ4v) is 0.653. The Hall–Kier alpha value is -0.410. The molecule has 0 saturated heterocycles. The van der Waals surface area contributed by atoms with Crippen molar-refractivity contribution in [1.29, 1.82) is 0 Å². The van der Waals surface area contributed by atoms with Crippen LogP contribution in [0.5, 0.6) is 0 Å². The third kappa shape index (κ3) is 1.78. The van der Waals surface area contributed by atoms with Crippen molar-refractivity contribution in [2.24, 2.45) is 5.41 Å². The number of carbonyl (C=O) groups excluding carboxylic acids is 1. The molecule has 0 heterocycles. The van der Waals surface area contributed by atoms with Gasteiger partial charge in [0, 0.05) is 6.42 Å². The van der Waals surface area contributed by atoms with E-state index in [1.165, 1.54) is 0 Å².